The van der Waals surface area contributed by atoms with Crippen LogP contribution in [0, 0.1) is 5.92 Å². The first-order chi connectivity index (χ1) is 8.75. The van der Waals surface area contributed by atoms with Crippen LogP contribution in [0.4, 0.5) is 18.9 Å². The van der Waals surface area contributed by atoms with Crippen LogP contribution in [-0.2, 0) is 4.79 Å². The molecule has 0 heterocycles. The SMILES string of the molecule is COc1ccc(NCC(C(=O)O)C(F)(F)F)cc1Br. The number of ether oxygens (including phenoxy) is 1. The van der Waals surface area contributed by atoms with Crippen molar-refractivity contribution >= 4 is 27.6 Å². The number of carboxylic acid groups (broad SMARTS) is 1. The van der Waals surface area contributed by atoms with Crippen molar-refractivity contribution in [1.82, 2.24) is 0 Å². The van der Waals surface area contributed by atoms with Crippen molar-refractivity contribution in [2.24, 2.45) is 5.92 Å². The molecule has 106 valence electrons. The molecule has 0 saturated carbocycles. The van der Waals surface area contributed by atoms with Gasteiger partial charge in [0.25, 0.3) is 0 Å². The van der Waals surface area contributed by atoms with Crippen LogP contribution in [-0.4, -0.2) is 30.9 Å². The quantitative estimate of drug-likeness (QED) is 0.863. The van der Waals surface area contributed by atoms with Crippen molar-refractivity contribution in [3.05, 3.63) is 22.7 Å². The van der Waals surface area contributed by atoms with Crippen LogP contribution in [0.5, 0.6) is 5.75 Å². The van der Waals surface area contributed by atoms with Crippen LogP contribution in [0.25, 0.3) is 0 Å². The summed E-state index contributed by atoms with van der Waals surface area (Å²) in [6.45, 7) is -0.738. The maximum atomic E-state index is 12.4. The lowest BCUT2D eigenvalue weighted by Gasteiger charge is -2.17. The van der Waals surface area contributed by atoms with Gasteiger partial charge >= 0.3 is 12.1 Å². The molecule has 1 atom stereocenters. The third kappa shape index (κ3) is 4.30. The van der Waals surface area contributed by atoms with Gasteiger partial charge in [0.1, 0.15) is 5.75 Å². The van der Waals surface area contributed by atoms with Gasteiger partial charge in [0.2, 0.25) is 0 Å². The predicted octanol–water partition coefficient (Wildman–Crippen LogP) is 3.13. The number of hydrogen-bond acceptors (Lipinski definition) is 3. The number of anilines is 1. The highest BCUT2D eigenvalue weighted by Crippen LogP contribution is 2.30. The Kier molecular flexibility index (Phi) is 5.04. The zero-order chi connectivity index (χ0) is 14.6. The van der Waals surface area contributed by atoms with Gasteiger partial charge in [-0.1, -0.05) is 0 Å². The van der Waals surface area contributed by atoms with E-state index in [1.165, 1.54) is 19.2 Å². The van der Waals surface area contributed by atoms with Crippen molar-refractivity contribution in [3.63, 3.8) is 0 Å². The molecule has 0 aliphatic carbocycles. The minimum Gasteiger partial charge on any atom is -0.496 e. The van der Waals surface area contributed by atoms with E-state index in [-0.39, 0.29) is 0 Å². The summed E-state index contributed by atoms with van der Waals surface area (Å²) in [6.07, 6.45) is -4.79. The van der Waals surface area contributed by atoms with Gasteiger partial charge in [0, 0.05) is 12.2 Å². The number of carbonyl (C=O) groups is 1. The Bertz CT molecular complexity index is 465. The first-order valence-corrected chi connectivity index (χ1v) is 5.92. The summed E-state index contributed by atoms with van der Waals surface area (Å²) in [4.78, 5) is 10.5. The summed E-state index contributed by atoms with van der Waals surface area (Å²) in [5, 5.41) is 11.0. The third-order valence-corrected chi connectivity index (χ3v) is 2.98. The second kappa shape index (κ2) is 6.14. The molecule has 1 rings (SSSR count). The summed E-state index contributed by atoms with van der Waals surface area (Å²) in [6, 6.07) is 4.56. The number of rotatable bonds is 5. The van der Waals surface area contributed by atoms with Crippen molar-refractivity contribution in [2.45, 2.75) is 6.18 Å². The van der Waals surface area contributed by atoms with E-state index in [0.717, 1.165) is 0 Å². The van der Waals surface area contributed by atoms with E-state index in [4.69, 9.17) is 9.84 Å². The van der Waals surface area contributed by atoms with Gasteiger partial charge in [-0.2, -0.15) is 13.2 Å². The van der Waals surface area contributed by atoms with Crippen LogP contribution >= 0.6 is 15.9 Å². The third-order valence-electron chi connectivity index (χ3n) is 2.36. The van der Waals surface area contributed by atoms with Gasteiger partial charge in [-0.15, -0.1) is 0 Å². The van der Waals surface area contributed by atoms with Gasteiger partial charge in [0.15, 0.2) is 5.92 Å². The smallest absolute Gasteiger partial charge is 0.403 e. The van der Waals surface area contributed by atoms with Crippen molar-refractivity contribution in [2.75, 3.05) is 19.0 Å². The number of benzene rings is 1. The molecule has 0 aliphatic heterocycles. The minimum absolute atomic E-state index is 0.364. The number of halogens is 4. The molecule has 0 fully saturated rings. The standard InChI is InChI=1S/C11H11BrF3NO3/c1-19-9-3-2-6(4-8(9)12)16-5-7(10(17)18)11(13,14)15/h2-4,7,16H,5H2,1H3,(H,17,18). The normalized spacial score (nSPS) is 12.9. The summed E-state index contributed by atoms with van der Waals surface area (Å²) in [5.74, 6) is -3.84. The number of methoxy groups -OCH3 is 1. The first-order valence-electron chi connectivity index (χ1n) is 5.12. The molecular weight excluding hydrogens is 331 g/mol. The fraction of sp³-hybridized carbons (Fsp3) is 0.364. The zero-order valence-corrected chi connectivity index (χ0v) is 11.4. The maximum absolute atomic E-state index is 12.4. The Labute approximate surface area is 115 Å². The van der Waals surface area contributed by atoms with Crippen molar-refractivity contribution in [1.29, 1.82) is 0 Å². The number of carboxylic acids is 1. The van der Waals surface area contributed by atoms with Gasteiger partial charge < -0.3 is 15.2 Å². The van der Waals surface area contributed by atoms with E-state index < -0.39 is 24.6 Å². The molecule has 0 radical (unpaired) electrons. The molecule has 0 spiro atoms. The lowest BCUT2D eigenvalue weighted by molar-refractivity contribution is -0.190. The number of alkyl halides is 3. The molecule has 0 bridgehead atoms. The van der Waals surface area contributed by atoms with E-state index in [1.54, 1.807) is 6.07 Å². The van der Waals surface area contributed by atoms with Crippen LogP contribution in [0.15, 0.2) is 22.7 Å². The Morgan fingerprint density at radius 3 is 2.58 bits per heavy atom. The molecule has 8 heteroatoms. The van der Waals surface area contributed by atoms with Gasteiger partial charge in [-0.25, -0.2) is 0 Å². The van der Waals surface area contributed by atoms with Crippen LogP contribution in [0.1, 0.15) is 0 Å². The van der Waals surface area contributed by atoms with Gasteiger partial charge in [-0.3, -0.25) is 4.79 Å². The van der Waals surface area contributed by atoms with Crippen LogP contribution in [0.3, 0.4) is 0 Å². The second-order valence-corrected chi connectivity index (χ2v) is 4.52. The zero-order valence-electron chi connectivity index (χ0n) is 9.79. The largest absolute Gasteiger partial charge is 0.496 e. The number of nitrogens with one attached hydrogen (secondary N) is 1. The minimum atomic E-state index is -4.79. The maximum Gasteiger partial charge on any atom is 0.403 e. The van der Waals surface area contributed by atoms with Crippen LogP contribution < -0.4 is 10.1 Å². The second-order valence-electron chi connectivity index (χ2n) is 3.66. The molecular formula is C11H11BrF3NO3. The van der Waals surface area contributed by atoms with E-state index in [0.29, 0.717) is 15.9 Å². The Balaban J connectivity index is 2.75. The van der Waals surface area contributed by atoms with E-state index >= 15 is 0 Å². The van der Waals surface area contributed by atoms with E-state index in [1.807, 2.05) is 0 Å². The molecule has 0 aliphatic rings. The average molecular weight is 342 g/mol. The molecule has 4 nitrogen and oxygen atoms in total. The van der Waals surface area contributed by atoms with E-state index in [2.05, 4.69) is 21.2 Å². The van der Waals surface area contributed by atoms with E-state index in [9.17, 15) is 18.0 Å². The van der Waals surface area contributed by atoms with Gasteiger partial charge in [0.05, 0.1) is 11.6 Å². The molecule has 0 saturated heterocycles. The highest BCUT2D eigenvalue weighted by molar-refractivity contribution is 9.10. The Hall–Kier alpha value is -1.44. The summed E-state index contributed by atoms with van der Waals surface area (Å²) in [5.41, 5.74) is 0.364. The summed E-state index contributed by atoms with van der Waals surface area (Å²) >= 11 is 3.18. The lowest BCUT2D eigenvalue weighted by atomic mass is 10.1. The fourth-order valence-electron chi connectivity index (χ4n) is 1.34. The molecule has 2 N–H and O–H groups in total. The molecule has 1 aromatic carbocycles. The van der Waals surface area contributed by atoms with Crippen molar-refractivity contribution in [3.8, 4) is 5.75 Å². The topological polar surface area (TPSA) is 58.6 Å². The van der Waals surface area contributed by atoms with Gasteiger partial charge in [-0.05, 0) is 34.1 Å². The number of aliphatic carboxylic acids is 1. The highest BCUT2D eigenvalue weighted by atomic mass is 79.9. The van der Waals surface area contributed by atoms with Crippen molar-refractivity contribution < 1.29 is 27.8 Å². The monoisotopic (exact) mass is 341 g/mol. The molecule has 1 unspecified atom stereocenters. The fourth-order valence-corrected chi connectivity index (χ4v) is 1.88. The number of hydrogen-bond donors (Lipinski definition) is 2. The summed E-state index contributed by atoms with van der Waals surface area (Å²) < 4.78 is 42.8. The molecule has 0 aromatic heterocycles. The Morgan fingerprint density at radius 1 is 1.53 bits per heavy atom. The highest BCUT2D eigenvalue weighted by Gasteiger charge is 2.44. The van der Waals surface area contributed by atoms with Crippen LogP contribution in [0.2, 0.25) is 0 Å². The lowest BCUT2D eigenvalue weighted by Crippen LogP contribution is -2.36. The molecule has 0 amide bonds. The molecule has 1 aromatic rings. The molecule has 19 heavy (non-hydrogen) atoms. The average Bonchev–Trinajstić information content (AvgIpc) is 2.27. The predicted molar refractivity (Wildman–Crippen MR) is 66.4 cm³/mol. The Morgan fingerprint density at radius 2 is 2.16 bits per heavy atom. The first kappa shape index (κ1) is 15.6. The summed E-state index contributed by atoms with van der Waals surface area (Å²) in [7, 11) is 1.46.